The molecule has 1 aromatic carbocycles. The molecule has 0 spiro atoms. The summed E-state index contributed by atoms with van der Waals surface area (Å²) >= 11 is 1.40. The predicted molar refractivity (Wildman–Crippen MR) is 101 cm³/mol. The molecule has 0 saturated carbocycles. The zero-order valence-electron chi connectivity index (χ0n) is 16.2. The van der Waals surface area contributed by atoms with Crippen LogP contribution in [0.1, 0.15) is 21.6 Å². The van der Waals surface area contributed by atoms with Crippen molar-refractivity contribution in [2.24, 2.45) is 5.92 Å². The number of carbonyl (C=O) groups is 2. The molecule has 3 heterocycles. The zero-order valence-corrected chi connectivity index (χ0v) is 17.0. The summed E-state index contributed by atoms with van der Waals surface area (Å²) < 4.78 is 69.6. The van der Waals surface area contributed by atoms with E-state index in [1.165, 1.54) is 23.5 Å². The number of hydrogen-bond acceptors (Lipinski definition) is 5. The van der Waals surface area contributed by atoms with Crippen LogP contribution in [0.2, 0.25) is 0 Å². The van der Waals surface area contributed by atoms with Gasteiger partial charge < -0.3 is 10.0 Å². The van der Waals surface area contributed by atoms with Gasteiger partial charge in [-0.05, 0) is 17.7 Å². The molecule has 13 heteroatoms. The first-order valence-electron chi connectivity index (χ1n) is 9.24. The Morgan fingerprint density at radius 1 is 1.06 bits per heavy atom. The number of carboxylic acid groups (broad SMARTS) is 1. The van der Waals surface area contributed by atoms with Crippen LogP contribution in [0.4, 0.5) is 26.3 Å². The lowest BCUT2D eigenvalue weighted by molar-refractivity contribution is -0.192. The van der Waals surface area contributed by atoms with E-state index < -0.39 is 23.9 Å². The van der Waals surface area contributed by atoms with Gasteiger partial charge >= 0.3 is 18.3 Å². The van der Waals surface area contributed by atoms with Crippen molar-refractivity contribution >= 4 is 23.2 Å². The van der Waals surface area contributed by atoms with Crippen molar-refractivity contribution in [2.45, 2.75) is 24.9 Å². The summed E-state index contributed by atoms with van der Waals surface area (Å²) in [5, 5.41) is 8.88. The Hall–Kier alpha value is -2.67. The number of aromatic nitrogens is 1. The summed E-state index contributed by atoms with van der Waals surface area (Å²) in [5.74, 6) is -2.35. The van der Waals surface area contributed by atoms with E-state index in [0.717, 1.165) is 30.8 Å². The number of amides is 1. The Morgan fingerprint density at radius 3 is 2.19 bits per heavy atom. The van der Waals surface area contributed by atoms with Crippen LogP contribution in [0.15, 0.2) is 35.2 Å². The molecule has 2 saturated heterocycles. The van der Waals surface area contributed by atoms with E-state index in [1.807, 2.05) is 4.90 Å². The molecule has 32 heavy (non-hydrogen) atoms. The van der Waals surface area contributed by atoms with Gasteiger partial charge in [-0.25, -0.2) is 9.78 Å². The quantitative estimate of drug-likeness (QED) is 0.677. The topological polar surface area (TPSA) is 73.7 Å². The third kappa shape index (κ3) is 5.57. The Bertz CT molecular complexity index is 947. The van der Waals surface area contributed by atoms with Crippen LogP contribution < -0.4 is 0 Å². The Balaban J connectivity index is 0.000000360. The molecule has 0 radical (unpaired) electrons. The molecule has 2 fully saturated rings. The summed E-state index contributed by atoms with van der Waals surface area (Å²) in [6.07, 6.45) is -9.39. The SMILES string of the molecule is O=C(O)C(F)(F)F.O=C(c1cscn1)N1CC2CN(Cc3ccc(C(F)(F)F)cc3)C2C1. The highest BCUT2D eigenvalue weighted by atomic mass is 32.1. The lowest BCUT2D eigenvalue weighted by Gasteiger charge is -2.43. The first-order chi connectivity index (χ1) is 14.9. The van der Waals surface area contributed by atoms with E-state index in [9.17, 15) is 31.1 Å². The lowest BCUT2D eigenvalue weighted by Crippen LogP contribution is -2.54. The number of fused-ring (bicyclic) bond motifs is 1. The monoisotopic (exact) mass is 481 g/mol. The zero-order chi connectivity index (χ0) is 23.7. The number of likely N-dealkylation sites (tertiary alicyclic amines) is 2. The van der Waals surface area contributed by atoms with Crippen LogP contribution >= 0.6 is 11.3 Å². The van der Waals surface area contributed by atoms with E-state index in [2.05, 4.69) is 9.88 Å². The number of hydrogen-bond donors (Lipinski definition) is 1. The molecular formula is C19H17F6N3O3S. The van der Waals surface area contributed by atoms with Gasteiger partial charge in [0.2, 0.25) is 0 Å². The van der Waals surface area contributed by atoms with Crippen molar-refractivity contribution in [1.29, 1.82) is 0 Å². The van der Waals surface area contributed by atoms with Crippen LogP contribution in [-0.4, -0.2) is 63.6 Å². The van der Waals surface area contributed by atoms with Gasteiger partial charge in [0.1, 0.15) is 5.69 Å². The molecule has 1 N–H and O–H groups in total. The van der Waals surface area contributed by atoms with Crippen molar-refractivity contribution < 1.29 is 41.0 Å². The number of aliphatic carboxylic acids is 1. The molecule has 1 amide bonds. The third-order valence-electron chi connectivity index (χ3n) is 5.19. The van der Waals surface area contributed by atoms with Crippen LogP contribution in [0.3, 0.4) is 0 Å². The number of halogens is 6. The predicted octanol–water partition coefficient (Wildman–Crippen LogP) is 3.75. The molecule has 4 rings (SSSR count). The van der Waals surface area contributed by atoms with Gasteiger partial charge in [-0.1, -0.05) is 12.1 Å². The lowest BCUT2D eigenvalue weighted by atomic mass is 9.91. The molecule has 174 valence electrons. The van der Waals surface area contributed by atoms with Crippen molar-refractivity contribution in [1.82, 2.24) is 14.8 Å². The number of benzene rings is 1. The van der Waals surface area contributed by atoms with Crippen LogP contribution in [0.25, 0.3) is 0 Å². The fourth-order valence-electron chi connectivity index (χ4n) is 3.61. The minimum atomic E-state index is -5.08. The first kappa shape index (κ1) is 24.0. The fraction of sp³-hybridized carbons (Fsp3) is 0.421. The third-order valence-corrected chi connectivity index (χ3v) is 5.78. The molecular weight excluding hydrogens is 464 g/mol. The maximum atomic E-state index is 12.6. The summed E-state index contributed by atoms with van der Waals surface area (Å²) in [4.78, 5) is 29.4. The van der Waals surface area contributed by atoms with Gasteiger partial charge in [-0.15, -0.1) is 11.3 Å². The first-order valence-corrected chi connectivity index (χ1v) is 10.2. The number of rotatable bonds is 3. The van der Waals surface area contributed by atoms with E-state index >= 15 is 0 Å². The van der Waals surface area contributed by atoms with Gasteiger partial charge in [0.15, 0.2) is 0 Å². The average molecular weight is 481 g/mol. The minimum Gasteiger partial charge on any atom is -0.475 e. The molecule has 6 nitrogen and oxygen atoms in total. The van der Waals surface area contributed by atoms with Gasteiger partial charge in [0.05, 0.1) is 11.1 Å². The fourth-order valence-corrected chi connectivity index (χ4v) is 4.13. The van der Waals surface area contributed by atoms with E-state index in [1.54, 1.807) is 10.9 Å². The van der Waals surface area contributed by atoms with Gasteiger partial charge in [-0.2, -0.15) is 26.3 Å². The van der Waals surface area contributed by atoms with Crippen LogP contribution in [0.5, 0.6) is 0 Å². The Kier molecular flexibility index (Phi) is 6.79. The summed E-state index contributed by atoms with van der Waals surface area (Å²) in [6.45, 7) is 2.86. The Labute approximate surface area is 182 Å². The Morgan fingerprint density at radius 2 is 1.69 bits per heavy atom. The highest BCUT2D eigenvalue weighted by Gasteiger charge is 2.47. The average Bonchev–Trinajstić information content (AvgIpc) is 3.33. The minimum absolute atomic E-state index is 0.0369. The molecule has 2 unspecified atom stereocenters. The molecule has 0 aliphatic carbocycles. The molecule has 2 atom stereocenters. The van der Waals surface area contributed by atoms with Crippen LogP contribution in [0, 0.1) is 5.92 Å². The maximum absolute atomic E-state index is 12.6. The number of nitrogens with zero attached hydrogens (tertiary/aromatic N) is 3. The van der Waals surface area contributed by atoms with Crippen molar-refractivity contribution in [3.63, 3.8) is 0 Å². The van der Waals surface area contributed by atoms with Crippen molar-refractivity contribution in [3.8, 4) is 0 Å². The maximum Gasteiger partial charge on any atom is 0.490 e. The van der Waals surface area contributed by atoms with E-state index in [-0.39, 0.29) is 11.9 Å². The highest BCUT2D eigenvalue weighted by molar-refractivity contribution is 7.07. The second-order valence-corrected chi connectivity index (χ2v) is 8.06. The van der Waals surface area contributed by atoms with E-state index in [4.69, 9.17) is 9.90 Å². The van der Waals surface area contributed by atoms with E-state index in [0.29, 0.717) is 24.7 Å². The summed E-state index contributed by atoms with van der Waals surface area (Å²) in [7, 11) is 0. The van der Waals surface area contributed by atoms with Crippen molar-refractivity contribution in [3.05, 3.63) is 52.0 Å². The highest BCUT2D eigenvalue weighted by Crippen LogP contribution is 2.35. The van der Waals surface area contributed by atoms with Gasteiger partial charge in [0, 0.05) is 43.5 Å². The number of carboxylic acids is 1. The standard InChI is InChI=1S/C17H16F3N3OS.C2HF3O2/c18-17(19,20)13-3-1-11(2-4-13)5-22-6-12-7-23(8-15(12)22)16(24)14-9-25-10-21-14;3-2(4,5)1(6)7/h1-4,9-10,12,15H,5-8H2;(H,6,7). The molecule has 2 aliphatic heterocycles. The molecule has 0 bridgehead atoms. The molecule has 2 aliphatic rings. The molecule has 1 aromatic heterocycles. The largest absolute Gasteiger partial charge is 0.490 e. The second kappa shape index (κ2) is 9.06. The van der Waals surface area contributed by atoms with Crippen molar-refractivity contribution in [2.75, 3.05) is 19.6 Å². The summed E-state index contributed by atoms with van der Waals surface area (Å²) in [5.41, 5.74) is 2.37. The second-order valence-electron chi connectivity index (χ2n) is 7.34. The number of thiazole rings is 1. The summed E-state index contributed by atoms with van der Waals surface area (Å²) in [6, 6.07) is 5.59. The normalized spacial score (nSPS) is 20.8. The van der Waals surface area contributed by atoms with Gasteiger partial charge in [-0.3, -0.25) is 9.69 Å². The molecule has 2 aromatic rings. The van der Waals surface area contributed by atoms with Crippen LogP contribution in [-0.2, 0) is 17.5 Å². The number of carbonyl (C=O) groups excluding carboxylic acids is 1. The number of alkyl halides is 6. The smallest absolute Gasteiger partial charge is 0.475 e. The van der Waals surface area contributed by atoms with Gasteiger partial charge in [0.25, 0.3) is 5.91 Å².